The third kappa shape index (κ3) is 22.1. The highest BCUT2D eigenvalue weighted by atomic mass is 35.5. The molecule has 2 heteroatoms. The predicted octanol–water partition coefficient (Wildman–Crippen LogP) is 7.47. The van der Waals surface area contributed by atoms with Crippen LogP contribution < -0.4 is 12.4 Å². The van der Waals surface area contributed by atoms with Gasteiger partial charge in [-0.2, -0.15) is 0 Å². The maximum Gasteiger partial charge on any atom is 0.0786 e. The van der Waals surface area contributed by atoms with E-state index in [1.54, 1.807) is 0 Å². The van der Waals surface area contributed by atoms with Gasteiger partial charge < -0.3 is 16.9 Å². The Morgan fingerprint density at radius 2 is 0.531 bits per heavy atom. The molecule has 0 amide bonds. The Morgan fingerprint density at radius 3 is 0.781 bits per heavy atom. The van der Waals surface area contributed by atoms with Gasteiger partial charge in [-0.15, -0.1) is 0 Å². The molecule has 1 nitrogen and oxygen atoms in total. The molecule has 0 spiro atoms. The Morgan fingerprint density at radius 1 is 0.281 bits per heavy atom. The number of quaternary nitrogens is 1. The van der Waals surface area contributed by atoms with E-state index in [-0.39, 0.29) is 12.4 Å². The molecule has 0 rings (SSSR count). The monoisotopic (exact) mass is 473 g/mol. The summed E-state index contributed by atoms with van der Waals surface area (Å²) in [5.74, 6) is 0. The van der Waals surface area contributed by atoms with E-state index in [1.807, 2.05) is 0 Å². The van der Waals surface area contributed by atoms with Gasteiger partial charge in [-0.05, 0) is 44.9 Å². The third-order valence-corrected chi connectivity index (χ3v) is 7.41. The van der Waals surface area contributed by atoms with Gasteiger partial charge in [-0.1, -0.05) is 124 Å². The van der Waals surface area contributed by atoms with E-state index in [9.17, 15) is 0 Å². The van der Waals surface area contributed by atoms with E-state index in [0.29, 0.717) is 0 Å². The molecule has 0 aliphatic carbocycles. The van der Waals surface area contributed by atoms with E-state index in [1.165, 1.54) is 172 Å². The zero-order chi connectivity index (χ0) is 22.9. The molecular weight excluding hydrogens is 410 g/mol. The number of hydrogen-bond donors (Lipinski definition) is 0. The average Bonchev–Trinajstić information content (AvgIpc) is 2.77. The van der Waals surface area contributed by atoms with Crippen LogP contribution in [-0.2, 0) is 0 Å². The second-order valence-corrected chi connectivity index (χ2v) is 10.6. The normalized spacial score (nSPS) is 11.6. The Bertz CT molecular complexity index is 285. The van der Waals surface area contributed by atoms with Crippen LogP contribution in [0.25, 0.3) is 0 Å². The lowest BCUT2D eigenvalue weighted by molar-refractivity contribution is -0.929. The minimum absolute atomic E-state index is 0. The van der Waals surface area contributed by atoms with Gasteiger partial charge in [0.2, 0.25) is 0 Å². The van der Waals surface area contributed by atoms with Crippen LogP contribution in [0.1, 0.15) is 169 Å². The number of rotatable bonds is 26. The number of nitrogens with zero attached hydrogens (tertiary/aromatic N) is 1. The van der Waals surface area contributed by atoms with E-state index >= 15 is 0 Å². The number of halogens is 1. The highest BCUT2D eigenvalue weighted by Gasteiger charge is 2.25. The summed E-state index contributed by atoms with van der Waals surface area (Å²) in [5, 5.41) is 0. The van der Waals surface area contributed by atoms with Gasteiger partial charge >= 0.3 is 0 Å². The molecule has 0 N–H and O–H groups in total. The lowest BCUT2D eigenvalue weighted by atomic mass is 10.0. The van der Waals surface area contributed by atoms with E-state index in [4.69, 9.17) is 0 Å². The molecule has 0 aliphatic heterocycles. The van der Waals surface area contributed by atoms with Crippen LogP contribution in [0.3, 0.4) is 0 Å². The van der Waals surface area contributed by atoms with Crippen LogP contribution in [0.4, 0.5) is 0 Å². The quantitative estimate of drug-likeness (QED) is 0.0902. The number of unbranched alkanes of at least 4 members (excludes halogenated alkanes) is 18. The zero-order valence-corrected chi connectivity index (χ0v) is 24.0. The van der Waals surface area contributed by atoms with Gasteiger partial charge in [0, 0.05) is 0 Å². The fourth-order valence-electron chi connectivity index (χ4n) is 5.36. The first kappa shape index (κ1) is 34.4. The van der Waals surface area contributed by atoms with Crippen LogP contribution in [0, 0.1) is 0 Å². The molecule has 0 radical (unpaired) electrons. The molecule has 0 saturated carbocycles. The molecule has 0 aliphatic rings. The lowest BCUT2D eigenvalue weighted by Gasteiger charge is -2.39. The second kappa shape index (κ2) is 27.5. The molecule has 32 heavy (non-hydrogen) atoms. The van der Waals surface area contributed by atoms with Gasteiger partial charge in [0.25, 0.3) is 0 Å². The molecule has 0 fully saturated rings. The molecule has 0 bridgehead atoms. The van der Waals surface area contributed by atoms with Crippen molar-refractivity contribution in [2.24, 2.45) is 0 Å². The predicted molar refractivity (Wildman–Crippen MR) is 144 cm³/mol. The van der Waals surface area contributed by atoms with E-state index in [0.717, 1.165) is 0 Å². The molecule has 0 heterocycles. The Hall–Kier alpha value is 0.250. The highest BCUT2D eigenvalue weighted by Crippen LogP contribution is 2.19. The van der Waals surface area contributed by atoms with Crippen molar-refractivity contribution in [1.29, 1.82) is 0 Å². The Labute approximate surface area is 211 Å². The first-order chi connectivity index (χ1) is 15.2. The lowest BCUT2D eigenvalue weighted by Crippen LogP contribution is -3.00. The molecule has 0 aromatic heterocycles. The van der Waals surface area contributed by atoms with Crippen molar-refractivity contribution < 1.29 is 16.9 Å². The summed E-state index contributed by atoms with van der Waals surface area (Å²) in [5.41, 5.74) is 0. The van der Waals surface area contributed by atoms with Crippen LogP contribution >= 0.6 is 0 Å². The van der Waals surface area contributed by atoms with Gasteiger partial charge in [0.05, 0.1) is 26.2 Å². The van der Waals surface area contributed by atoms with Gasteiger partial charge in [-0.25, -0.2) is 0 Å². The summed E-state index contributed by atoms with van der Waals surface area (Å²) in [6.45, 7) is 15.2. The van der Waals surface area contributed by atoms with E-state index < -0.39 is 0 Å². The Balaban J connectivity index is 0. The summed E-state index contributed by atoms with van der Waals surface area (Å²) < 4.78 is 1.45. The molecule has 0 aromatic rings. The molecule has 0 atom stereocenters. The highest BCUT2D eigenvalue weighted by molar-refractivity contribution is 4.54. The second-order valence-electron chi connectivity index (χ2n) is 10.6. The molecule has 0 saturated heterocycles. The van der Waals surface area contributed by atoms with Crippen molar-refractivity contribution in [3.63, 3.8) is 0 Å². The molecule has 0 unspecified atom stereocenters. The molecule has 196 valence electrons. The van der Waals surface area contributed by atoms with Crippen molar-refractivity contribution in [2.75, 3.05) is 26.2 Å². The maximum atomic E-state index is 2.42. The largest absolute Gasteiger partial charge is 1.00 e. The molecular formula is C30H64ClN. The van der Waals surface area contributed by atoms with Crippen molar-refractivity contribution in [3.05, 3.63) is 0 Å². The average molecular weight is 474 g/mol. The maximum absolute atomic E-state index is 2.42. The Kier molecular flexibility index (Phi) is 29.6. The van der Waals surface area contributed by atoms with Crippen molar-refractivity contribution in [2.45, 2.75) is 169 Å². The van der Waals surface area contributed by atoms with Crippen LogP contribution in [0.15, 0.2) is 0 Å². The smallest absolute Gasteiger partial charge is 0.0786 e. The molecule has 0 aromatic carbocycles. The summed E-state index contributed by atoms with van der Waals surface area (Å²) in [4.78, 5) is 0. The first-order valence-corrected chi connectivity index (χ1v) is 15.1. The van der Waals surface area contributed by atoms with Crippen molar-refractivity contribution in [3.8, 4) is 0 Å². The SMILES string of the molecule is CCCCCCCCC[N+](CCC)(CCCCCCCCC)CCCCCCCCC.[Cl-]. The minimum Gasteiger partial charge on any atom is -1.00 e. The summed E-state index contributed by atoms with van der Waals surface area (Å²) in [6.07, 6.45) is 31.8. The van der Waals surface area contributed by atoms with Crippen LogP contribution in [-0.4, -0.2) is 30.7 Å². The third-order valence-electron chi connectivity index (χ3n) is 7.41. The summed E-state index contributed by atoms with van der Waals surface area (Å²) in [7, 11) is 0. The summed E-state index contributed by atoms with van der Waals surface area (Å²) >= 11 is 0. The van der Waals surface area contributed by atoms with Crippen molar-refractivity contribution >= 4 is 0 Å². The number of hydrogen-bond acceptors (Lipinski definition) is 0. The fourth-order valence-corrected chi connectivity index (χ4v) is 5.36. The minimum atomic E-state index is 0. The fraction of sp³-hybridized carbons (Fsp3) is 1.00. The van der Waals surface area contributed by atoms with Gasteiger partial charge in [0.1, 0.15) is 0 Å². The van der Waals surface area contributed by atoms with Crippen LogP contribution in [0.5, 0.6) is 0 Å². The topological polar surface area (TPSA) is 0 Å². The zero-order valence-electron chi connectivity index (χ0n) is 23.2. The van der Waals surface area contributed by atoms with Crippen molar-refractivity contribution in [1.82, 2.24) is 0 Å². The van der Waals surface area contributed by atoms with Crippen LogP contribution in [0.2, 0.25) is 0 Å². The van der Waals surface area contributed by atoms with Gasteiger partial charge in [-0.3, -0.25) is 0 Å². The standard InChI is InChI=1S/C30H64N.ClH/c1-5-9-12-15-18-21-24-28-31(27-8-4,29-25-22-19-16-13-10-6-2)30-26-23-20-17-14-11-7-3;/h5-30H2,1-4H3;1H/q+1;/p-1. The van der Waals surface area contributed by atoms with E-state index in [2.05, 4.69) is 27.7 Å². The first-order valence-electron chi connectivity index (χ1n) is 15.1. The van der Waals surface area contributed by atoms with Gasteiger partial charge in [0.15, 0.2) is 0 Å². The summed E-state index contributed by atoms with van der Waals surface area (Å²) in [6, 6.07) is 0.